The smallest absolute Gasteiger partial charge is 0.259 e. The molecule has 2 fully saturated rings. The standard InChI is InChI=1S/C32H41N9O2/c1-3-19-5-10-28(31(42)27(19)4-2)32(43)38-25-8-6-24(7-9-25)37-29-13-26(40-15-20(33)11-21(34)16-40)14-30(39-29)41-17-22(35)12-23(36)18-41/h3-10,13-14,20-23,42H,1-2,11-12,15-18,33-36H2,(H,37,39)(H,38,43). The lowest BCUT2D eigenvalue weighted by atomic mass is 10.0. The summed E-state index contributed by atoms with van der Waals surface area (Å²) >= 11 is 0. The average Bonchev–Trinajstić information content (AvgIpc) is 2.96. The van der Waals surface area contributed by atoms with Crippen LogP contribution in [0.4, 0.5) is 28.7 Å². The summed E-state index contributed by atoms with van der Waals surface area (Å²) in [6.45, 7) is 10.2. The van der Waals surface area contributed by atoms with Gasteiger partial charge in [0.1, 0.15) is 17.4 Å². The number of phenols is 1. The highest BCUT2D eigenvalue weighted by molar-refractivity contribution is 6.07. The van der Waals surface area contributed by atoms with Crippen molar-refractivity contribution in [3.05, 3.63) is 78.4 Å². The molecule has 1 aromatic heterocycles. The lowest BCUT2D eigenvalue weighted by Gasteiger charge is -2.38. The number of hydrogen-bond donors (Lipinski definition) is 7. The maximum Gasteiger partial charge on any atom is 0.259 e. The van der Waals surface area contributed by atoms with E-state index in [4.69, 9.17) is 27.9 Å². The van der Waals surface area contributed by atoms with Gasteiger partial charge in [-0.2, -0.15) is 0 Å². The van der Waals surface area contributed by atoms with Gasteiger partial charge in [-0.05, 0) is 48.7 Å². The van der Waals surface area contributed by atoms with Gasteiger partial charge >= 0.3 is 0 Å². The van der Waals surface area contributed by atoms with Gasteiger partial charge in [0.15, 0.2) is 0 Å². The fourth-order valence-corrected chi connectivity index (χ4v) is 5.85. The first-order valence-corrected chi connectivity index (χ1v) is 14.5. The Morgan fingerprint density at radius 2 is 1.42 bits per heavy atom. The second-order valence-electron chi connectivity index (χ2n) is 11.4. The molecule has 0 bridgehead atoms. The first kappa shape index (κ1) is 30.1. The van der Waals surface area contributed by atoms with Crippen LogP contribution in [0.25, 0.3) is 12.2 Å². The van der Waals surface area contributed by atoms with Gasteiger partial charge in [0.05, 0.1) is 5.56 Å². The summed E-state index contributed by atoms with van der Waals surface area (Å²) in [6.07, 6.45) is 4.66. The summed E-state index contributed by atoms with van der Waals surface area (Å²) in [5.74, 6) is 0.847. The first-order chi connectivity index (χ1) is 20.6. The molecule has 43 heavy (non-hydrogen) atoms. The van der Waals surface area contributed by atoms with Crippen molar-refractivity contribution in [1.29, 1.82) is 0 Å². The number of carbonyl (C=O) groups excluding carboxylic acids is 1. The van der Waals surface area contributed by atoms with Gasteiger partial charge < -0.3 is 48.5 Å². The Kier molecular flexibility index (Phi) is 8.97. The minimum Gasteiger partial charge on any atom is -0.506 e. The van der Waals surface area contributed by atoms with Crippen LogP contribution in [-0.2, 0) is 0 Å². The van der Waals surface area contributed by atoms with Crippen LogP contribution in [0.5, 0.6) is 5.75 Å². The van der Waals surface area contributed by atoms with Crippen molar-refractivity contribution >= 4 is 46.8 Å². The van der Waals surface area contributed by atoms with Crippen LogP contribution in [0.15, 0.2) is 61.7 Å². The Labute approximate surface area is 252 Å². The van der Waals surface area contributed by atoms with Crippen LogP contribution in [0.3, 0.4) is 0 Å². The molecule has 0 spiro atoms. The predicted molar refractivity (Wildman–Crippen MR) is 176 cm³/mol. The van der Waals surface area contributed by atoms with Gasteiger partial charge in [-0.15, -0.1) is 0 Å². The molecule has 0 radical (unpaired) electrons. The highest BCUT2D eigenvalue weighted by Gasteiger charge is 2.27. The molecule has 1 amide bonds. The summed E-state index contributed by atoms with van der Waals surface area (Å²) in [5, 5.41) is 16.8. The van der Waals surface area contributed by atoms with E-state index < -0.39 is 5.91 Å². The van der Waals surface area contributed by atoms with E-state index in [0.29, 0.717) is 48.8 Å². The van der Waals surface area contributed by atoms with E-state index in [0.717, 1.165) is 30.0 Å². The van der Waals surface area contributed by atoms with E-state index in [1.165, 1.54) is 6.08 Å². The third-order valence-electron chi connectivity index (χ3n) is 7.85. The normalized spacial score (nSPS) is 22.1. The number of nitrogens with two attached hydrogens (primary N) is 4. The second kappa shape index (κ2) is 12.8. The Hall–Kier alpha value is -4.42. The molecule has 5 rings (SSSR count). The fourth-order valence-electron chi connectivity index (χ4n) is 5.85. The number of amides is 1. The van der Waals surface area contributed by atoms with Crippen molar-refractivity contribution in [2.24, 2.45) is 22.9 Å². The van der Waals surface area contributed by atoms with E-state index in [1.807, 2.05) is 24.3 Å². The topological polar surface area (TPSA) is 185 Å². The zero-order chi connectivity index (χ0) is 30.7. The average molecular weight is 584 g/mol. The van der Waals surface area contributed by atoms with Crippen molar-refractivity contribution in [3.63, 3.8) is 0 Å². The molecule has 226 valence electrons. The van der Waals surface area contributed by atoms with Crippen LogP contribution >= 0.6 is 0 Å². The number of anilines is 5. The van der Waals surface area contributed by atoms with Crippen LogP contribution in [0, 0.1) is 0 Å². The zero-order valence-electron chi connectivity index (χ0n) is 24.2. The highest BCUT2D eigenvalue weighted by Crippen LogP contribution is 2.31. The number of carbonyl (C=O) groups is 1. The molecule has 4 unspecified atom stereocenters. The lowest BCUT2D eigenvalue weighted by Crippen LogP contribution is -2.53. The van der Waals surface area contributed by atoms with Gasteiger partial charge in [-0.1, -0.05) is 31.4 Å². The molecule has 2 aliphatic heterocycles. The molecular weight excluding hydrogens is 542 g/mol. The van der Waals surface area contributed by atoms with E-state index in [9.17, 15) is 9.90 Å². The van der Waals surface area contributed by atoms with Crippen LogP contribution in [0.1, 0.15) is 34.3 Å². The van der Waals surface area contributed by atoms with E-state index in [1.54, 1.807) is 30.3 Å². The van der Waals surface area contributed by atoms with Gasteiger partial charge in [0.2, 0.25) is 0 Å². The summed E-state index contributed by atoms with van der Waals surface area (Å²) in [4.78, 5) is 22.2. The third-order valence-corrected chi connectivity index (χ3v) is 7.85. The lowest BCUT2D eigenvalue weighted by molar-refractivity contribution is 0.102. The predicted octanol–water partition coefficient (Wildman–Crippen LogP) is 2.80. The minimum absolute atomic E-state index is 0.0124. The summed E-state index contributed by atoms with van der Waals surface area (Å²) in [6, 6.07) is 14.5. The largest absolute Gasteiger partial charge is 0.506 e. The van der Waals surface area contributed by atoms with Gasteiger partial charge in [-0.3, -0.25) is 4.79 Å². The molecule has 0 aliphatic carbocycles. The number of aromatic hydroxyl groups is 1. The number of pyridine rings is 1. The van der Waals surface area contributed by atoms with Crippen LogP contribution in [-0.4, -0.2) is 66.3 Å². The van der Waals surface area contributed by atoms with Crippen molar-refractivity contribution in [2.75, 3.05) is 46.6 Å². The van der Waals surface area contributed by atoms with Crippen molar-refractivity contribution < 1.29 is 9.90 Å². The molecule has 4 atom stereocenters. The SMILES string of the molecule is C=Cc1ccc(C(=O)Nc2ccc(Nc3cc(N4CC(N)CC(N)C4)cc(N4CC(N)CC(N)C4)n3)cc2)c(O)c1C=C. The van der Waals surface area contributed by atoms with E-state index >= 15 is 0 Å². The molecule has 3 aromatic rings. The van der Waals surface area contributed by atoms with Crippen LogP contribution in [0.2, 0.25) is 0 Å². The number of rotatable bonds is 8. The summed E-state index contributed by atoms with van der Waals surface area (Å²) in [7, 11) is 0. The Bertz CT molecular complexity index is 1430. The Morgan fingerprint density at radius 1 is 0.837 bits per heavy atom. The molecule has 11 heteroatoms. The second-order valence-corrected chi connectivity index (χ2v) is 11.4. The molecule has 2 saturated heterocycles. The van der Waals surface area contributed by atoms with Crippen LogP contribution < -0.4 is 43.4 Å². The number of aromatic nitrogens is 1. The van der Waals surface area contributed by atoms with Crippen molar-refractivity contribution in [1.82, 2.24) is 4.98 Å². The van der Waals surface area contributed by atoms with E-state index in [2.05, 4.69) is 33.6 Å². The maximum absolute atomic E-state index is 12.9. The van der Waals surface area contributed by atoms with Gasteiger partial charge in [0.25, 0.3) is 5.91 Å². The van der Waals surface area contributed by atoms with Gasteiger partial charge in [0, 0.05) is 85.1 Å². The fraction of sp³-hybridized carbons (Fsp3) is 0.312. The Morgan fingerprint density at radius 3 is 2.00 bits per heavy atom. The molecule has 11 N–H and O–H groups in total. The number of nitrogens with zero attached hydrogens (tertiary/aromatic N) is 3. The Balaban J connectivity index is 1.36. The zero-order valence-corrected chi connectivity index (χ0v) is 24.2. The molecule has 11 nitrogen and oxygen atoms in total. The maximum atomic E-state index is 12.9. The summed E-state index contributed by atoms with van der Waals surface area (Å²) in [5.41, 5.74) is 28.8. The highest BCUT2D eigenvalue weighted by atomic mass is 16.3. The number of benzene rings is 2. The molecular formula is C32H41N9O2. The molecule has 3 heterocycles. The minimum atomic E-state index is -0.438. The molecule has 2 aromatic carbocycles. The first-order valence-electron chi connectivity index (χ1n) is 14.5. The summed E-state index contributed by atoms with van der Waals surface area (Å²) < 4.78 is 0. The van der Waals surface area contributed by atoms with Crippen molar-refractivity contribution in [3.8, 4) is 5.75 Å². The quantitative estimate of drug-likeness (QED) is 0.208. The molecule has 0 saturated carbocycles. The number of phenolic OH excluding ortho intramolecular Hbond substituents is 1. The number of piperidine rings is 2. The number of hydrogen-bond acceptors (Lipinski definition) is 10. The molecule has 2 aliphatic rings. The van der Waals surface area contributed by atoms with Gasteiger partial charge in [-0.25, -0.2) is 4.98 Å². The monoisotopic (exact) mass is 583 g/mol. The third kappa shape index (κ3) is 6.98. The van der Waals surface area contributed by atoms with Crippen molar-refractivity contribution in [2.45, 2.75) is 37.0 Å². The number of nitrogens with one attached hydrogen (secondary N) is 2. The van der Waals surface area contributed by atoms with E-state index in [-0.39, 0.29) is 35.5 Å².